The van der Waals surface area contributed by atoms with Crippen LogP contribution in [0.25, 0.3) is 0 Å². The van der Waals surface area contributed by atoms with Gasteiger partial charge in [0.1, 0.15) is 5.82 Å². The van der Waals surface area contributed by atoms with Gasteiger partial charge in [0.2, 0.25) is 5.82 Å². The Morgan fingerprint density at radius 1 is 1.39 bits per heavy atom. The van der Waals surface area contributed by atoms with Gasteiger partial charge in [-0.3, -0.25) is 10.1 Å². The normalized spacial score (nSPS) is 13.4. The van der Waals surface area contributed by atoms with Crippen molar-refractivity contribution in [3.8, 4) is 0 Å². The Morgan fingerprint density at radius 3 is 2.39 bits per heavy atom. The van der Waals surface area contributed by atoms with Crippen LogP contribution in [0.15, 0.2) is 12.1 Å². The first-order chi connectivity index (χ1) is 8.12. The molecule has 0 aliphatic heterocycles. The minimum atomic E-state index is -1.14. The van der Waals surface area contributed by atoms with E-state index in [1.165, 1.54) is 0 Å². The topological polar surface area (TPSA) is 43.1 Å². The number of halogens is 3. The van der Waals surface area contributed by atoms with E-state index in [0.29, 0.717) is 6.07 Å². The van der Waals surface area contributed by atoms with Gasteiger partial charge in [-0.05, 0) is 17.9 Å². The lowest BCUT2D eigenvalue weighted by Crippen LogP contribution is -2.23. The van der Waals surface area contributed by atoms with Crippen molar-refractivity contribution in [2.45, 2.75) is 32.0 Å². The van der Waals surface area contributed by atoms with Gasteiger partial charge in [-0.15, -0.1) is 0 Å². The van der Waals surface area contributed by atoms with Crippen LogP contribution in [0.3, 0.4) is 0 Å². The molecular weight excluding hydrogens is 308 g/mol. The summed E-state index contributed by atoms with van der Waals surface area (Å²) in [4.78, 5) is 9.88. The Bertz CT molecular complexity index is 472. The summed E-state index contributed by atoms with van der Waals surface area (Å²) in [6.07, 6.45) is 0.189. The molecule has 0 aliphatic carbocycles. The average Bonchev–Trinajstić information content (AvgIpc) is 2.13. The molecule has 0 N–H and O–H groups in total. The summed E-state index contributed by atoms with van der Waals surface area (Å²) in [7, 11) is 0. The van der Waals surface area contributed by atoms with E-state index in [-0.39, 0.29) is 22.2 Å². The van der Waals surface area contributed by atoms with Gasteiger partial charge in [-0.1, -0.05) is 36.7 Å². The monoisotopic (exact) mass is 321 g/mol. The summed E-state index contributed by atoms with van der Waals surface area (Å²) in [6, 6.07) is 1.54. The van der Waals surface area contributed by atoms with Crippen LogP contribution < -0.4 is 0 Å². The number of hydrogen-bond donors (Lipinski definition) is 0. The zero-order valence-electron chi connectivity index (χ0n) is 10.3. The molecule has 0 amide bonds. The van der Waals surface area contributed by atoms with Gasteiger partial charge in [-0.2, -0.15) is 4.39 Å². The zero-order chi connectivity index (χ0) is 14.1. The molecule has 1 rings (SSSR count). The first-order valence-electron chi connectivity index (χ1n) is 5.39. The molecule has 0 fully saturated rings. The Hall–Kier alpha value is -1.04. The van der Waals surface area contributed by atoms with Crippen molar-refractivity contribution in [1.29, 1.82) is 0 Å². The molecule has 0 aliphatic rings. The summed E-state index contributed by atoms with van der Waals surface area (Å²) in [5.74, 6) is -1.94. The second-order valence-corrected chi connectivity index (χ2v) is 6.30. The second-order valence-electron chi connectivity index (χ2n) is 5.19. The van der Waals surface area contributed by atoms with Gasteiger partial charge >= 0.3 is 5.69 Å². The standard InChI is InChI=1S/C12H14BrF2NO2/c1-12(2,3)10(13)5-7-4-8(14)6-9(15)11(7)16(17)18/h4,6,10H,5H2,1-3H3. The number of alkyl halides is 1. The molecule has 0 saturated heterocycles. The predicted molar refractivity (Wildman–Crippen MR) is 68.9 cm³/mol. The van der Waals surface area contributed by atoms with E-state index in [1.54, 1.807) is 0 Å². The molecule has 18 heavy (non-hydrogen) atoms. The van der Waals surface area contributed by atoms with Crippen molar-refractivity contribution in [3.05, 3.63) is 39.4 Å². The minimum Gasteiger partial charge on any atom is -0.258 e. The number of nitrogens with zero attached hydrogens (tertiary/aromatic N) is 1. The van der Waals surface area contributed by atoms with Crippen LogP contribution in [0.2, 0.25) is 0 Å². The van der Waals surface area contributed by atoms with Gasteiger partial charge in [0.05, 0.1) is 4.92 Å². The molecule has 0 aromatic heterocycles. The highest BCUT2D eigenvalue weighted by atomic mass is 79.9. The number of nitro benzene ring substituents is 1. The first kappa shape index (κ1) is 15.0. The molecule has 0 spiro atoms. The van der Waals surface area contributed by atoms with Crippen molar-refractivity contribution in [3.63, 3.8) is 0 Å². The van der Waals surface area contributed by atoms with Crippen LogP contribution in [0.1, 0.15) is 26.3 Å². The Morgan fingerprint density at radius 2 is 1.94 bits per heavy atom. The molecule has 6 heteroatoms. The fraction of sp³-hybridized carbons (Fsp3) is 0.500. The van der Waals surface area contributed by atoms with Crippen LogP contribution >= 0.6 is 15.9 Å². The Labute approximate surface area is 112 Å². The van der Waals surface area contributed by atoms with Crippen molar-refractivity contribution in [1.82, 2.24) is 0 Å². The molecule has 1 aromatic carbocycles. The van der Waals surface area contributed by atoms with E-state index >= 15 is 0 Å². The van der Waals surface area contributed by atoms with Gasteiger partial charge < -0.3 is 0 Å². The number of nitro groups is 1. The summed E-state index contributed by atoms with van der Waals surface area (Å²) >= 11 is 3.40. The molecule has 1 atom stereocenters. The molecule has 1 aromatic rings. The van der Waals surface area contributed by atoms with Crippen LogP contribution in [-0.2, 0) is 6.42 Å². The summed E-state index contributed by atoms with van der Waals surface area (Å²) in [6.45, 7) is 5.82. The van der Waals surface area contributed by atoms with E-state index in [1.807, 2.05) is 20.8 Å². The molecule has 0 heterocycles. The van der Waals surface area contributed by atoms with E-state index < -0.39 is 22.2 Å². The molecule has 0 radical (unpaired) electrons. The Kier molecular flexibility index (Phi) is 4.42. The fourth-order valence-electron chi connectivity index (χ4n) is 1.48. The SMILES string of the molecule is CC(C)(C)C(Br)Cc1cc(F)cc(F)c1[N+](=O)[O-]. The summed E-state index contributed by atoms with van der Waals surface area (Å²) in [5, 5.41) is 10.8. The molecule has 0 bridgehead atoms. The third-order valence-electron chi connectivity index (χ3n) is 2.63. The molecule has 0 saturated carbocycles. The zero-order valence-corrected chi connectivity index (χ0v) is 11.9. The number of hydrogen-bond acceptors (Lipinski definition) is 2. The lowest BCUT2D eigenvalue weighted by Gasteiger charge is -2.25. The summed E-state index contributed by atoms with van der Waals surface area (Å²) in [5.41, 5.74) is -0.754. The van der Waals surface area contributed by atoms with Crippen LogP contribution in [0, 0.1) is 27.2 Å². The van der Waals surface area contributed by atoms with Gasteiger partial charge in [0, 0.05) is 16.5 Å². The van der Waals surface area contributed by atoms with E-state index in [0.717, 1.165) is 6.07 Å². The van der Waals surface area contributed by atoms with Crippen LogP contribution in [0.5, 0.6) is 0 Å². The third-order valence-corrected chi connectivity index (χ3v) is 4.33. The quantitative estimate of drug-likeness (QED) is 0.475. The van der Waals surface area contributed by atoms with Gasteiger partial charge in [0.15, 0.2) is 0 Å². The van der Waals surface area contributed by atoms with Crippen molar-refractivity contribution in [2.24, 2.45) is 5.41 Å². The molecule has 3 nitrogen and oxygen atoms in total. The minimum absolute atomic E-state index is 0.0642. The van der Waals surface area contributed by atoms with E-state index in [4.69, 9.17) is 0 Å². The average molecular weight is 322 g/mol. The first-order valence-corrected chi connectivity index (χ1v) is 6.31. The highest BCUT2D eigenvalue weighted by Gasteiger charge is 2.28. The molecular formula is C12H14BrF2NO2. The van der Waals surface area contributed by atoms with E-state index in [2.05, 4.69) is 15.9 Å². The Balaban J connectivity index is 3.19. The van der Waals surface area contributed by atoms with Gasteiger partial charge in [-0.25, -0.2) is 4.39 Å². The van der Waals surface area contributed by atoms with Crippen LogP contribution in [0.4, 0.5) is 14.5 Å². The highest BCUT2D eigenvalue weighted by molar-refractivity contribution is 9.09. The number of benzene rings is 1. The maximum absolute atomic E-state index is 13.4. The smallest absolute Gasteiger partial charge is 0.258 e. The third kappa shape index (κ3) is 3.48. The predicted octanol–water partition coefficient (Wildman–Crippen LogP) is 4.23. The molecule has 100 valence electrons. The van der Waals surface area contributed by atoms with Crippen molar-refractivity contribution in [2.75, 3.05) is 0 Å². The number of rotatable bonds is 3. The lowest BCUT2D eigenvalue weighted by molar-refractivity contribution is -0.388. The fourth-order valence-corrected chi connectivity index (χ4v) is 1.83. The van der Waals surface area contributed by atoms with Crippen molar-refractivity contribution < 1.29 is 13.7 Å². The van der Waals surface area contributed by atoms with Crippen LogP contribution in [-0.4, -0.2) is 9.75 Å². The second kappa shape index (κ2) is 5.30. The molecule has 1 unspecified atom stereocenters. The highest BCUT2D eigenvalue weighted by Crippen LogP contribution is 2.33. The maximum Gasteiger partial charge on any atom is 0.308 e. The summed E-state index contributed by atoms with van der Waals surface area (Å²) < 4.78 is 26.6. The van der Waals surface area contributed by atoms with Gasteiger partial charge in [0.25, 0.3) is 0 Å². The van der Waals surface area contributed by atoms with E-state index in [9.17, 15) is 18.9 Å². The maximum atomic E-state index is 13.4. The van der Waals surface area contributed by atoms with Crippen molar-refractivity contribution >= 4 is 21.6 Å². The largest absolute Gasteiger partial charge is 0.308 e. The lowest BCUT2D eigenvalue weighted by atomic mass is 9.88.